The number of amides is 1. The van der Waals surface area contributed by atoms with Crippen LogP contribution in [0, 0.1) is 6.92 Å². The maximum Gasteiger partial charge on any atom is 0.263 e. The molecule has 2 N–H and O–H groups in total. The van der Waals surface area contributed by atoms with Crippen LogP contribution in [0.15, 0.2) is 23.2 Å². The minimum Gasteiger partial charge on any atom is -0.354 e. The second kappa shape index (κ2) is 12.3. The summed E-state index contributed by atoms with van der Waals surface area (Å²) >= 11 is 1.36. The molecule has 0 bridgehead atoms. The van der Waals surface area contributed by atoms with E-state index >= 15 is 0 Å². The third-order valence-electron chi connectivity index (χ3n) is 3.12. The van der Waals surface area contributed by atoms with Crippen LogP contribution in [0.5, 0.6) is 0 Å². The van der Waals surface area contributed by atoms with Gasteiger partial charge < -0.3 is 15.5 Å². The molecule has 1 aromatic rings. The number of aliphatic imine (C=N–C) groups is 1. The molecular formula is C15H26IN5OS. The molecule has 23 heavy (non-hydrogen) atoms. The van der Waals surface area contributed by atoms with E-state index in [1.54, 1.807) is 12.6 Å². The molecule has 0 fully saturated rings. The Balaban J connectivity index is 0.00000484. The monoisotopic (exact) mass is 451 g/mol. The van der Waals surface area contributed by atoms with Gasteiger partial charge in [-0.2, -0.15) is 0 Å². The van der Waals surface area contributed by atoms with Gasteiger partial charge in [-0.15, -0.1) is 41.9 Å². The summed E-state index contributed by atoms with van der Waals surface area (Å²) in [5.74, 6) is 0.753. The number of nitrogens with zero attached hydrogens (tertiary/aromatic N) is 3. The van der Waals surface area contributed by atoms with Crippen molar-refractivity contribution < 1.29 is 4.79 Å². The second-order valence-corrected chi connectivity index (χ2v) is 5.70. The van der Waals surface area contributed by atoms with Crippen molar-refractivity contribution >= 4 is 47.2 Å². The number of aryl methyl sites for hydroxylation is 1. The van der Waals surface area contributed by atoms with Gasteiger partial charge in [-0.3, -0.25) is 9.79 Å². The third kappa shape index (κ3) is 7.78. The first-order chi connectivity index (χ1) is 10.6. The van der Waals surface area contributed by atoms with Crippen molar-refractivity contribution in [2.45, 2.75) is 19.8 Å². The molecule has 0 aliphatic carbocycles. The zero-order valence-corrected chi connectivity index (χ0v) is 17.1. The number of hydrogen-bond acceptors (Lipinski definition) is 4. The Morgan fingerprint density at radius 2 is 2.17 bits per heavy atom. The summed E-state index contributed by atoms with van der Waals surface area (Å²) in [4.78, 5) is 23.0. The quantitative estimate of drug-likeness (QED) is 0.209. The van der Waals surface area contributed by atoms with Crippen molar-refractivity contribution in [2.24, 2.45) is 4.99 Å². The van der Waals surface area contributed by atoms with E-state index in [2.05, 4.69) is 32.1 Å². The number of hydrogen-bond donors (Lipinski definition) is 2. The van der Waals surface area contributed by atoms with Gasteiger partial charge in [0.05, 0.1) is 11.2 Å². The second-order valence-electron chi connectivity index (χ2n) is 4.85. The molecule has 0 saturated heterocycles. The number of aromatic nitrogens is 1. The molecule has 0 aliphatic rings. The lowest BCUT2D eigenvalue weighted by Crippen LogP contribution is -2.42. The summed E-state index contributed by atoms with van der Waals surface area (Å²) in [6, 6.07) is 0. The molecule has 0 aromatic carbocycles. The van der Waals surface area contributed by atoms with E-state index in [-0.39, 0.29) is 29.9 Å². The highest BCUT2D eigenvalue weighted by molar-refractivity contribution is 14.0. The first-order valence-corrected chi connectivity index (χ1v) is 8.19. The predicted molar refractivity (Wildman–Crippen MR) is 108 cm³/mol. The zero-order valence-electron chi connectivity index (χ0n) is 14.0. The predicted octanol–water partition coefficient (Wildman–Crippen LogP) is 2.27. The highest BCUT2D eigenvalue weighted by atomic mass is 127. The van der Waals surface area contributed by atoms with E-state index < -0.39 is 0 Å². The molecule has 1 heterocycles. The summed E-state index contributed by atoms with van der Waals surface area (Å²) < 4.78 is 0. The van der Waals surface area contributed by atoms with E-state index in [0.717, 1.165) is 31.0 Å². The molecule has 130 valence electrons. The van der Waals surface area contributed by atoms with Crippen molar-refractivity contribution in [1.29, 1.82) is 0 Å². The molecular weight excluding hydrogens is 425 g/mol. The number of thiazole rings is 1. The van der Waals surface area contributed by atoms with Crippen LogP contribution in [0.4, 0.5) is 0 Å². The summed E-state index contributed by atoms with van der Waals surface area (Å²) in [5, 5.41) is 6.11. The molecule has 8 heteroatoms. The standard InChI is InChI=1S/C15H25N5OS.HI/c1-5-6-7-10-20(4)15(16-3)18-9-8-17-14(21)13-12(2)19-11-22-13;/h5,11H,1,6-10H2,2-4H3,(H,16,18)(H,17,21);1H. The van der Waals surface area contributed by atoms with E-state index in [1.165, 1.54) is 11.3 Å². The maximum atomic E-state index is 11.9. The van der Waals surface area contributed by atoms with Crippen molar-refractivity contribution in [3.05, 3.63) is 28.7 Å². The Hall–Kier alpha value is -1.16. The van der Waals surface area contributed by atoms with Crippen LogP contribution in [0.2, 0.25) is 0 Å². The lowest BCUT2D eigenvalue weighted by molar-refractivity contribution is 0.0957. The molecule has 1 aromatic heterocycles. The molecule has 1 rings (SSSR count). The summed E-state index contributed by atoms with van der Waals surface area (Å²) in [7, 11) is 3.75. The fourth-order valence-electron chi connectivity index (χ4n) is 1.91. The molecule has 0 radical (unpaired) electrons. The van der Waals surface area contributed by atoms with Crippen molar-refractivity contribution in [1.82, 2.24) is 20.5 Å². The normalized spacial score (nSPS) is 10.7. The zero-order chi connectivity index (χ0) is 16.4. The van der Waals surface area contributed by atoms with Crippen LogP contribution >= 0.6 is 35.3 Å². The smallest absolute Gasteiger partial charge is 0.263 e. The van der Waals surface area contributed by atoms with E-state index in [4.69, 9.17) is 0 Å². The van der Waals surface area contributed by atoms with Gasteiger partial charge in [0, 0.05) is 33.7 Å². The Kier molecular flexibility index (Phi) is 11.7. The Morgan fingerprint density at radius 1 is 1.48 bits per heavy atom. The Bertz CT molecular complexity index is 518. The van der Waals surface area contributed by atoms with Crippen LogP contribution < -0.4 is 10.6 Å². The third-order valence-corrected chi connectivity index (χ3v) is 4.05. The van der Waals surface area contributed by atoms with E-state index in [1.807, 2.05) is 20.0 Å². The summed E-state index contributed by atoms with van der Waals surface area (Å²) in [6.07, 6.45) is 3.95. The van der Waals surface area contributed by atoms with Crippen LogP contribution in [0.25, 0.3) is 0 Å². The fraction of sp³-hybridized carbons (Fsp3) is 0.533. The van der Waals surface area contributed by atoms with Crippen LogP contribution in [0.1, 0.15) is 28.2 Å². The fourth-order valence-corrected chi connectivity index (χ4v) is 2.63. The molecule has 0 unspecified atom stereocenters. The van der Waals surface area contributed by atoms with Gasteiger partial charge >= 0.3 is 0 Å². The van der Waals surface area contributed by atoms with Gasteiger partial charge in [-0.1, -0.05) is 6.08 Å². The average molecular weight is 451 g/mol. The van der Waals surface area contributed by atoms with Gasteiger partial charge in [0.1, 0.15) is 4.88 Å². The van der Waals surface area contributed by atoms with Crippen LogP contribution in [-0.2, 0) is 0 Å². The van der Waals surface area contributed by atoms with Gasteiger partial charge in [0.15, 0.2) is 5.96 Å². The number of halogens is 1. The topological polar surface area (TPSA) is 69.6 Å². The van der Waals surface area contributed by atoms with Gasteiger partial charge in [0.2, 0.25) is 0 Å². The first-order valence-electron chi connectivity index (χ1n) is 7.31. The highest BCUT2D eigenvalue weighted by Gasteiger charge is 2.11. The van der Waals surface area contributed by atoms with Crippen molar-refractivity contribution in [3.63, 3.8) is 0 Å². The van der Waals surface area contributed by atoms with E-state index in [0.29, 0.717) is 18.0 Å². The number of rotatable bonds is 8. The summed E-state index contributed by atoms with van der Waals surface area (Å²) in [5.41, 5.74) is 2.45. The highest BCUT2D eigenvalue weighted by Crippen LogP contribution is 2.11. The van der Waals surface area contributed by atoms with Crippen molar-refractivity contribution in [3.8, 4) is 0 Å². The van der Waals surface area contributed by atoms with Crippen LogP contribution in [0.3, 0.4) is 0 Å². The molecule has 0 saturated carbocycles. The number of allylic oxidation sites excluding steroid dienone is 1. The number of unbranched alkanes of at least 4 members (excludes halogenated alkanes) is 1. The number of nitrogens with one attached hydrogen (secondary N) is 2. The lowest BCUT2D eigenvalue weighted by Gasteiger charge is -2.21. The molecule has 0 atom stereocenters. The first kappa shape index (κ1) is 21.8. The van der Waals surface area contributed by atoms with Gasteiger partial charge in [-0.05, 0) is 19.8 Å². The van der Waals surface area contributed by atoms with Gasteiger partial charge in [-0.25, -0.2) is 4.98 Å². The number of guanidine groups is 1. The average Bonchev–Trinajstić information content (AvgIpc) is 2.93. The largest absolute Gasteiger partial charge is 0.354 e. The SMILES string of the molecule is C=CCCCN(C)C(=NC)NCCNC(=O)c1scnc1C.I. The summed E-state index contributed by atoms with van der Waals surface area (Å²) in [6.45, 7) is 7.64. The van der Waals surface area contributed by atoms with Crippen LogP contribution in [-0.4, -0.2) is 55.5 Å². The minimum atomic E-state index is -0.0730. The van der Waals surface area contributed by atoms with E-state index in [9.17, 15) is 4.79 Å². The molecule has 6 nitrogen and oxygen atoms in total. The van der Waals surface area contributed by atoms with Crippen molar-refractivity contribution in [2.75, 3.05) is 33.7 Å². The number of carbonyl (C=O) groups is 1. The molecule has 0 spiro atoms. The molecule has 1 amide bonds. The minimum absolute atomic E-state index is 0. The lowest BCUT2D eigenvalue weighted by atomic mass is 10.3. The maximum absolute atomic E-state index is 11.9. The number of carbonyl (C=O) groups excluding carboxylic acids is 1. The molecule has 0 aliphatic heterocycles. The Morgan fingerprint density at radius 3 is 2.74 bits per heavy atom. The van der Waals surface area contributed by atoms with Gasteiger partial charge in [0.25, 0.3) is 5.91 Å². The Labute approximate surface area is 159 Å².